The van der Waals surface area contributed by atoms with E-state index >= 15 is 0 Å². The van der Waals surface area contributed by atoms with Crippen molar-refractivity contribution in [3.05, 3.63) is 46.6 Å². The molecule has 1 saturated carbocycles. The van der Waals surface area contributed by atoms with Gasteiger partial charge in [-0.05, 0) is 37.5 Å². The van der Waals surface area contributed by atoms with E-state index in [4.69, 9.17) is 5.73 Å². The Morgan fingerprint density at radius 3 is 2.68 bits per heavy atom. The third-order valence-electron chi connectivity index (χ3n) is 5.28. The van der Waals surface area contributed by atoms with Gasteiger partial charge in [0.05, 0.1) is 6.54 Å². The summed E-state index contributed by atoms with van der Waals surface area (Å²) in [4.78, 5) is 16.0. The van der Waals surface area contributed by atoms with E-state index in [1.807, 2.05) is 0 Å². The van der Waals surface area contributed by atoms with Gasteiger partial charge in [-0.25, -0.2) is 27.6 Å². The van der Waals surface area contributed by atoms with E-state index in [1.165, 1.54) is 17.1 Å². The van der Waals surface area contributed by atoms with Gasteiger partial charge in [-0.1, -0.05) is 5.57 Å². The molecule has 2 aliphatic rings. The molecule has 10 heteroatoms. The second-order valence-electron chi connectivity index (χ2n) is 7.24. The number of anilines is 2. The number of benzene rings is 1. The quantitative estimate of drug-likeness (QED) is 0.697. The molecule has 1 fully saturated rings. The molecule has 1 atom stereocenters. The maximum atomic E-state index is 14.9. The minimum Gasteiger partial charge on any atom is -0.367 e. The lowest BCUT2D eigenvalue weighted by Crippen LogP contribution is -2.61. The molecule has 0 spiro atoms. The summed E-state index contributed by atoms with van der Waals surface area (Å²) in [5.74, 6) is -4.01. The molecule has 1 aromatic heterocycles. The van der Waals surface area contributed by atoms with Crippen LogP contribution in [0.3, 0.4) is 0 Å². The van der Waals surface area contributed by atoms with Crippen LogP contribution in [0.2, 0.25) is 0 Å². The number of nitrogen functional groups attached to an aromatic ring is 1. The van der Waals surface area contributed by atoms with Crippen molar-refractivity contribution in [2.24, 2.45) is 0 Å². The average Bonchev–Trinajstić information content (AvgIpc) is 3.36. The van der Waals surface area contributed by atoms with Crippen LogP contribution in [-0.4, -0.2) is 26.7 Å². The first-order valence-corrected chi connectivity index (χ1v) is 8.75. The highest BCUT2D eigenvalue weighted by Crippen LogP contribution is 2.51. The molecular formula is C18H19F3N6O. The maximum Gasteiger partial charge on any atom is 0.320 e. The van der Waals surface area contributed by atoms with Gasteiger partial charge < -0.3 is 16.4 Å². The summed E-state index contributed by atoms with van der Waals surface area (Å²) < 4.78 is 46.0. The number of amides is 2. The van der Waals surface area contributed by atoms with E-state index in [-0.39, 0.29) is 29.3 Å². The Hall–Kier alpha value is -3.04. The fraction of sp³-hybridized carbons (Fsp3) is 0.389. The largest absolute Gasteiger partial charge is 0.367 e. The molecule has 2 amide bonds. The highest BCUT2D eigenvalue weighted by molar-refractivity contribution is 5.95. The summed E-state index contributed by atoms with van der Waals surface area (Å²) in [6.45, 7) is 2.29. The Morgan fingerprint density at radius 1 is 1.39 bits per heavy atom. The second-order valence-corrected chi connectivity index (χ2v) is 7.24. The lowest BCUT2D eigenvalue weighted by molar-refractivity contribution is -0.0561. The Morgan fingerprint density at radius 2 is 2.11 bits per heavy atom. The number of nitrogens with two attached hydrogens (primary N) is 1. The van der Waals surface area contributed by atoms with Crippen molar-refractivity contribution in [1.29, 1.82) is 0 Å². The van der Waals surface area contributed by atoms with E-state index in [2.05, 4.69) is 20.7 Å². The zero-order valence-corrected chi connectivity index (χ0v) is 15.3. The normalized spacial score (nSPS) is 21.0. The third-order valence-corrected chi connectivity index (χ3v) is 5.28. The molecule has 7 nitrogen and oxygen atoms in total. The lowest BCUT2D eigenvalue weighted by Gasteiger charge is -2.44. The van der Waals surface area contributed by atoms with E-state index in [0.717, 1.165) is 18.6 Å². The molecule has 148 valence electrons. The number of nitrogens with zero attached hydrogens (tertiary/aromatic N) is 3. The smallest absolute Gasteiger partial charge is 0.320 e. The molecule has 2 aromatic rings. The van der Waals surface area contributed by atoms with E-state index in [0.29, 0.717) is 18.4 Å². The molecule has 0 saturated heterocycles. The van der Waals surface area contributed by atoms with Crippen molar-refractivity contribution in [2.75, 3.05) is 11.1 Å². The summed E-state index contributed by atoms with van der Waals surface area (Å²) in [5.41, 5.74) is 4.85. The standard InChI is InChI=1S/C18H19F3N6O/c1-9(10-3-4-10)18(17(2,20)21)12-6-13(19)11(5-14(12)24-16(28)25-18)7-27-8-23-15(22)26-27/h5-6,8H,3-4,7H2,1-2H3,(H2,22,26)(H2,24,25,28)/t18-/m0/s1. The highest BCUT2D eigenvalue weighted by Gasteiger charge is 2.58. The number of carbonyl (C=O) groups is 1. The van der Waals surface area contributed by atoms with Crippen molar-refractivity contribution in [2.45, 2.75) is 44.7 Å². The predicted molar refractivity (Wildman–Crippen MR) is 96.3 cm³/mol. The van der Waals surface area contributed by atoms with E-state index in [9.17, 15) is 18.0 Å². The molecule has 4 rings (SSSR count). The molecule has 4 N–H and O–H groups in total. The number of rotatable bonds is 4. The van der Waals surface area contributed by atoms with Gasteiger partial charge in [-0.2, -0.15) is 0 Å². The van der Waals surface area contributed by atoms with Gasteiger partial charge >= 0.3 is 6.03 Å². The van der Waals surface area contributed by atoms with Gasteiger partial charge in [-0.3, -0.25) is 0 Å². The lowest BCUT2D eigenvalue weighted by atomic mass is 9.75. The highest BCUT2D eigenvalue weighted by atomic mass is 19.3. The summed E-state index contributed by atoms with van der Waals surface area (Å²) >= 11 is 0. The van der Waals surface area contributed by atoms with Crippen LogP contribution in [0.1, 0.15) is 37.8 Å². The summed E-state index contributed by atoms with van der Waals surface area (Å²) in [7, 11) is 0. The molecule has 0 radical (unpaired) electrons. The average molecular weight is 392 g/mol. The number of nitrogens with one attached hydrogen (secondary N) is 2. The first-order valence-electron chi connectivity index (χ1n) is 8.75. The fourth-order valence-electron chi connectivity index (χ4n) is 3.78. The predicted octanol–water partition coefficient (Wildman–Crippen LogP) is 3.14. The molecular weight excluding hydrogens is 373 g/mol. The number of halogens is 3. The number of hydrogen-bond acceptors (Lipinski definition) is 4. The SMILES string of the molecule is CC(=C1CC1)[C@]1(C(C)(F)F)NC(=O)Nc2cc(Cn3cnc(N)n3)c(F)cc21. The van der Waals surface area contributed by atoms with Crippen LogP contribution in [0.5, 0.6) is 0 Å². The Balaban J connectivity index is 1.87. The minimum atomic E-state index is -3.35. The molecule has 1 aliphatic carbocycles. The summed E-state index contributed by atoms with van der Waals surface area (Å²) in [6.07, 6.45) is 2.72. The maximum absolute atomic E-state index is 14.9. The van der Waals surface area contributed by atoms with Gasteiger partial charge in [-0.15, -0.1) is 5.10 Å². The van der Waals surface area contributed by atoms with Crippen LogP contribution < -0.4 is 16.4 Å². The Bertz CT molecular complexity index is 1000. The summed E-state index contributed by atoms with van der Waals surface area (Å²) in [6, 6.07) is 1.64. The topological polar surface area (TPSA) is 97.9 Å². The van der Waals surface area contributed by atoms with Gasteiger partial charge in [0.25, 0.3) is 5.92 Å². The van der Waals surface area contributed by atoms with Crippen LogP contribution in [0.15, 0.2) is 29.6 Å². The van der Waals surface area contributed by atoms with Crippen molar-refractivity contribution < 1.29 is 18.0 Å². The number of hydrogen-bond donors (Lipinski definition) is 3. The number of fused-ring (bicyclic) bond motifs is 1. The molecule has 0 bridgehead atoms. The van der Waals surface area contributed by atoms with Crippen LogP contribution >= 0.6 is 0 Å². The van der Waals surface area contributed by atoms with Crippen LogP contribution in [-0.2, 0) is 12.1 Å². The minimum absolute atomic E-state index is 0.00384. The number of urea groups is 1. The van der Waals surface area contributed by atoms with Gasteiger partial charge in [0.15, 0.2) is 5.54 Å². The Kier molecular flexibility index (Phi) is 3.91. The zero-order valence-electron chi connectivity index (χ0n) is 15.3. The van der Waals surface area contributed by atoms with Gasteiger partial charge in [0.2, 0.25) is 5.95 Å². The molecule has 2 heterocycles. The van der Waals surface area contributed by atoms with Gasteiger partial charge in [0, 0.05) is 23.7 Å². The summed E-state index contributed by atoms with van der Waals surface area (Å²) in [5, 5.41) is 8.79. The number of allylic oxidation sites excluding steroid dienone is 1. The first kappa shape index (κ1) is 18.3. The molecule has 1 aromatic carbocycles. The second kappa shape index (κ2) is 5.98. The molecule has 1 aliphatic heterocycles. The van der Waals surface area contributed by atoms with E-state index in [1.54, 1.807) is 6.92 Å². The van der Waals surface area contributed by atoms with Crippen LogP contribution in [0.25, 0.3) is 0 Å². The van der Waals surface area contributed by atoms with E-state index < -0.39 is 23.3 Å². The van der Waals surface area contributed by atoms with Crippen molar-refractivity contribution >= 4 is 17.7 Å². The van der Waals surface area contributed by atoms with Crippen molar-refractivity contribution in [1.82, 2.24) is 20.1 Å². The number of alkyl halides is 2. The monoisotopic (exact) mass is 392 g/mol. The number of aromatic nitrogens is 3. The zero-order chi connectivity index (χ0) is 20.3. The molecule has 28 heavy (non-hydrogen) atoms. The van der Waals surface area contributed by atoms with Gasteiger partial charge in [0.1, 0.15) is 12.1 Å². The van der Waals surface area contributed by atoms with Crippen LogP contribution in [0.4, 0.5) is 29.6 Å². The van der Waals surface area contributed by atoms with Crippen molar-refractivity contribution in [3.8, 4) is 0 Å². The molecule has 0 unspecified atom stereocenters. The Labute approximate surface area is 158 Å². The van der Waals surface area contributed by atoms with Crippen molar-refractivity contribution in [3.63, 3.8) is 0 Å². The number of carbonyl (C=O) groups excluding carboxylic acids is 1. The third kappa shape index (κ3) is 2.79. The first-order chi connectivity index (χ1) is 13.1. The fourth-order valence-corrected chi connectivity index (χ4v) is 3.78. The van der Waals surface area contributed by atoms with Crippen LogP contribution in [0, 0.1) is 5.82 Å².